The molecule has 2 aliphatic rings. The van der Waals surface area contributed by atoms with Crippen molar-refractivity contribution in [2.75, 3.05) is 35.3 Å². The van der Waals surface area contributed by atoms with E-state index >= 15 is 0 Å². The topological polar surface area (TPSA) is 153 Å². The van der Waals surface area contributed by atoms with Crippen molar-refractivity contribution in [3.63, 3.8) is 0 Å². The van der Waals surface area contributed by atoms with Crippen molar-refractivity contribution in [2.45, 2.75) is 37.9 Å². The lowest BCUT2D eigenvalue weighted by Crippen LogP contribution is -2.50. The van der Waals surface area contributed by atoms with E-state index in [0.717, 1.165) is 26.2 Å². The Balaban J connectivity index is 1.26. The van der Waals surface area contributed by atoms with E-state index < -0.39 is 19.9 Å². The number of sulfone groups is 1. The molecule has 0 amide bonds. The van der Waals surface area contributed by atoms with Gasteiger partial charge in [0.25, 0.3) is 10.0 Å². The number of nitrogens with zero attached hydrogens (tertiary/aromatic N) is 7. The third kappa shape index (κ3) is 5.24. The first kappa shape index (κ1) is 26.6. The van der Waals surface area contributed by atoms with Gasteiger partial charge in [0.05, 0.1) is 29.0 Å². The summed E-state index contributed by atoms with van der Waals surface area (Å²) < 4.78 is 49.4. The van der Waals surface area contributed by atoms with Crippen molar-refractivity contribution in [3.05, 3.63) is 48.7 Å². The lowest BCUT2D eigenvalue weighted by molar-refractivity contribution is 0.442. The van der Waals surface area contributed by atoms with Crippen molar-refractivity contribution in [1.82, 2.24) is 29.1 Å². The molecule has 14 heteroatoms. The third-order valence-electron chi connectivity index (χ3n) is 7.14. The van der Waals surface area contributed by atoms with Gasteiger partial charge >= 0.3 is 0 Å². The molecule has 5 heterocycles. The van der Waals surface area contributed by atoms with Crippen LogP contribution in [0.15, 0.2) is 43.1 Å². The van der Waals surface area contributed by atoms with Crippen molar-refractivity contribution in [1.29, 1.82) is 0 Å². The van der Waals surface area contributed by atoms with E-state index in [9.17, 15) is 16.8 Å². The lowest BCUT2D eigenvalue weighted by atomic mass is 9.97. The smallest absolute Gasteiger partial charge is 0.256 e. The van der Waals surface area contributed by atoms with Crippen LogP contribution in [0.4, 0.5) is 17.5 Å². The average Bonchev–Trinajstić information content (AvgIpc) is 3.62. The van der Waals surface area contributed by atoms with Gasteiger partial charge in [-0.1, -0.05) is 13.8 Å². The maximum Gasteiger partial charge on any atom is 0.256 e. The molecule has 4 aromatic heterocycles. The van der Waals surface area contributed by atoms with Crippen LogP contribution in [0.2, 0.25) is 0 Å². The van der Waals surface area contributed by atoms with Gasteiger partial charge in [-0.05, 0) is 41.8 Å². The summed E-state index contributed by atoms with van der Waals surface area (Å²) in [5.74, 6) is 2.73. The fraction of sp³-hybridized carbons (Fsp3) is 0.423. The largest absolute Gasteiger partial charge is 0.355 e. The predicted molar refractivity (Wildman–Crippen MR) is 153 cm³/mol. The Kier molecular flexibility index (Phi) is 6.49. The number of pyridine rings is 2. The number of rotatable bonds is 9. The minimum atomic E-state index is -3.47. The average molecular weight is 583 g/mol. The molecule has 0 radical (unpaired) electrons. The minimum absolute atomic E-state index is 0.0957. The third-order valence-corrected chi connectivity index (χ3v) is 10.2. The van der Waals surface area contributed by atoms with Crippen LogP contribution >= 0.6 is 0 Å². The highest BCUT2D eigenvalue weighted by molar-refractivity contribution is 7.90. The molecule has 210 valence electrons. The molecule has 0 atom stereocenters. The molecule has 1 saturated carbocycles. The monoisotopic (exact) mass is 582 g/mol. The second kappa shape index (κ2) is 9.77. The highest BCUT2D eigenvalue weighted by Gasteiger charge is 2.38. The van der Waals surface area contributed by atoms with Crippen LogP contribution in [0.5, 0.6) is 0 Å². The summed E-state index contributed by atoms with van der Waals surface area (Å²) in [7, 11) is -6.50. The van der Waals surface area contributed by atoms with Gasteiger partial charge in [-0.2, -0.15) is 9.19 Å². The summed E-state index contributed by atoms with van der Waals surface area (Å²) in [5, 5.41) is 8.81. The molecule has 1 aliphatic heterocycles. The van der Waals surface area contributed by atoms with Crippen LogP contribution < -0.4 is 10.2 Å². The molecule has 2 fully saturated rings. The van der Waals surface area contributed by atoms with Crippen LogP contribution in [0.3, 0.4) is 0 Å². The zero-order chi connectivity index (χ0) is 28.2. The van der Waals surface area contributed by atoms with E-state index in [1.54, 1.807) is 18.5 Å². The fourth-order valence-electron chi connectivity index (χ4n) is 4.98. The highest BCUT2D eigenvalue weighted by Crippen LogP contribution is 2.35. The first-order chi connectivity index (χ1) is 19.0. The molecule has 40 heavy (non-hydrogen) atoms. The first-order valence-electron chi connectivity index (χ1n) is 13.1. The summed E-state index contributed by atoms with van der Waals surface area (Å²) >= 11 is 0. The Morgan fingerprint density at radius 1 is 1.00 bits per heavy atom. The number of hydrogen-bond acceptors (Lipinski definition) is 11. The van der Waals surface area contributed by atoms with Gasteiger partial charge in [0.1, 0.15) is 27.3 Å². The number of aromatic nitrogens is 6. The van der Waals surface area contributed by atoms with E-state index in [2.05, 4.69) is 44.1 Å². The van der Waals surface area contributed by atoms with Crippen LogP contribution in [0.25, 0.3) is 22.2 Å². The second-order valence-electron chi connectivity index (χ2n) is 10.9. The van der Waals surface area contributed by atoms with Crippen LogP contribution in [-0.2, 0) is 19.9 Å². The Morgan fingerprint density at radius 2 is 1.77 bits per heavy atom. The van der Waals surface area contributed by atoms with Gasteiger partial charge in [-0.25, -0.2) is 36.8 Å². The van der Waals surface area contributed by atoms with Gasteiger partial charge in [0.15, 0.2) is 5.82 Å². The SMILES string of the molecule is CC(C)c1cnc(N2CC(CS(C)(=O)=O)C2)c2cnc(Nc3ccnc(-c4cnn(S(=O)(=O)C5CC5)c4)n3)cc12. The van der Waals surface area contributed by atoms with E-state index in [4.69, 9.17) is 4.98 Å². The quantitative estimate of drug-likeness (QED) is 0.310. The van der Waals surface area contributed by atoms with Crippen LogP contribution in [0, 0.1) is 5.92 Å². The van der Waals surface area contributed by atoms with Gasteiger partial charge in [0.2, 0.25) is 0 Å². The normalized spacial score (nSPS) is 16.4. The number of hydrogen-bond donors (Lipinski definition) is 1. The van der Waals surface area contributed by atoms with E-state index in [1.165, 1.54) is 18.6 Å². The van der Waals surface area contributed by atoms with Crippen molar-refractivity contribution < 1.29 is 16.8 Å². The molecule has 0 aromatic carbocycles. The molecule has 1 saturated heterocycles. The lowest BCUT2D eigenvalue weighted by Gasteiger charge is -2.40. The number of fused-ring (bicyclic) bond motifs is 1. The Hall–Kier alpha value is -3.65. The molecule has 0 unspecified atom stereocenters. The molecular formula is C26H30N8O4S2. The standard InChI is InChI=1S/C26H30N8O4S2/c1-16(2)21-10-29-26(33-12-17(13-33)15-39(3,35)36)22-11-28-24(8-20(21)22)31-23-6-7-27-25(32-23)18-9-30-34(14-18)40(37,38)19-4-5-19/h6-11,14,16-17,19H,4-5,12-13,15H2,1-3H3,(H,27,28,31,32). The van der Waals surface area contributed by atoms with Gasteiger partial charge in [-0.3, -0.25) is 0 Å². The summed E-state index contributed by atoms with van der Waals surface area (Å²) in [4.78, 5) is 20.3. The Bertz CT molecular complexity index is 1810. The van der Waals surface area contributed by atoms with Gasteiger partial charge < -0.3 is 10.2 Å². The number of anilines is 3. The maximum atomic E-state index is 12.5. The summed E-state index contributed by atoms with van der Waals surface area (Å²) in [6, 6.07) is 3.68. The summed E-state index contributed by atoms with van der Waals surface area (Å²) in [6.45, 7) is 5.49. The highest BCUT2D eigenvalue weighted by atomic mass is 32.2. The Morgan fingerprint density at radius 3 is 2.48 bits per heavy atom. The molecule has 6 rings (SSSR count). The summed E-state index contributed by atoms with van der Waals surface area (Å²) in [5.41, 5.74) is 1.57. The first-order valence-corrected chi connectivity index (χ1v) is 16.6. The molecule has 4 aromatic rings. The van der Waals surface area contributed by atoms with Crippen molar-refractivity contribution in [3.8, 4) is 11.4 Å². The number of nitrogens with one attached hydrogen (secondary N) is 1. The van der Waals surface area contributed by atoms with Crippen molar-refractivity contribution >= 4 is 48.1 Å². The minimum Gasteiger partial charge on any atom is -0.355 e. The molecule has 1 N–H and O–H groups in total. The second-order valence-corrected chi connectivity index (χ2v) is 15.2. The van der Waals surface area contributed by atoms with E-state index in [1.807, 2.05) is 12.3 Å². The van der Waals surface area contributed by atoms with E-state index in [-0.39, 0.29) is 22.8 Å². The van der Waals surface area contributed by atoms with Crippen LogP contribution in [0.1, 0.15) is 38.2 Å². The molecular weight excluding hydrogens is 552 g/mol. The zero-order valence-electron chi connectivity index (χ0n) is 22.4. The van der Waals surface area contributed by atoms with Gasteiger partial charge in [-0.15, -0.1) is 0 Å². The molecule has 12 nitrogen and oxygen atoms in total. The zero-order valence-corrected chi connectivity index (χ0v) is 24.0. The fourth-order valence-corrected chi connectivity index (χ4v) is 7.52. The Labute approximate surface area is 232 Å². The van der Waals surface area contributed by atoms with Gasteiger partial charge in [0, 0.05) is 49.2 Å². The molecule has 0 spiro atoms. The molecule has 0 bridgehead atoms. The van der Waals surface area contributed by atoms with Crippen molar-refractivity contribution in [2.24, 2.45) is 5.92 Å². The van der Waals surface area contributed by atoms with Crippen LogP contribution in [-0.4, -0.2) is 76.3 Å². The van der Waals surface area contributed by atoms with E-state index in [0.29, 0.717) is 49.0 Å². The maximum absolute atomic E-state index is 12.5. The molecule has 1 aliphatic carbocycles. The summed E-state index contributed by atoms with van der Waals surface area (Å²) in [6.07, 6.45) is 10.7. The predicted octanol–water partition coefficient (Wildman–Crippen LogP) is 2.97.